The average Bonchev–Trinajstić information content (AvgIpc) is 3.39. The maximum atomic E-state index is 13.4. The first-order chi connectivity index (χ1) is 17.2. The quantitative estimate of drug-likeness (QED) is 0.396. The van der Waals surface area contributed by atoms with Gasteiger partial charge >= 0.3 is 0 Å². The fourth-order valence-corrected chi connectivity index (χ4v) is 7.13. The van der Waals surface area contributed by atoms with Crippen LogP contribution in [-0.2, 0) is 4.79 Å². The van der Waals surface area contributed by atoms with E-state index in [1.54, 1.807) is 14.2 Å². The third kappa shape index (κ3) is 4.71. The Morgan fingerprint density at radius 3 is 2.50 bits per heavy atom. The molecule has 1 aromatic heterocycles. The second-order valence-corrected chi connectivity index (χ2v) is 12.0. The van der Waals surface area contributed by atoms with Crippen molar-refractivity contribution in [2.45, 2.75) is 51.2 Å². The Morgan fingerprint density at radius 2 is 1.78 bits per heavy atom. The normalized spacial score (nSPS) is 22.5. The van der Waals surface area contributed by atoms with Crippen molar-refractivity contribution in [1.82, 2.24) is 19.7 Å². The smallest absolute Gasteiger partial charge is 0.233 e. The zero-order valence-corrected chi connectivity index (χ0v) is 22.5. The van der Waals surface area contributed by atoms with E-state index >= 15 is 0 Å². The highest BCUT2D eigenvalue weighted by atomic mass is 32.2. The summed E-state index contributed by atoms with van der Waals surface area (Å²) in [6, 6.07) is 15.9. The van der Waals surface area contributed by atoms with E-state index in [4.69, 9.17) is 9.47 Å². The van der Waals surface area contributed by atoms with Gasteiger partial charge in [0.1, 0.15) is 11.5 Å². The van der Waals surface area contributed by atoms with Crippen LogP contribution in [0.25, 0.3) is 17.1 Å². The number of hydrogen-bond acceptors (Lipinski definition) is 6. The van der Waals surface area contributed by atoms with Crippen molar-refractivity contribution in [2.24, 2.45) is 10.8 Å². The lowest BCUT2D eigenvalue weighted by atomic mass is 9.65. The number of likely N-dealkylation sites (tertiary alicyclic amines) is 1. The molecule has 2 unspecified atom stereocenters. The number of thioether (sulfide) groups is 1. The maximum absolute atomic E-state index is 13.4. The van der Waals surface area contributed by atoms with Gasteiger partial charge < -0.3 is 14.4 Å². The van der Waals surface area contributed by atoms with E-state index in [9.17, 15) is 4.79 Å². The van der Waals surface area contributed by atoms with Gasteiger partial charge in [0.2, 0.25) is 5.91 Å². The van der Waals surface area contributed by atoms with Gasteiger partial charge in [0, 0.05) is 12.6 Å². The lowest BCUT2D eigenvalue weighted by Gasteiger charge is -2.39. The molecule has 2 fully saturated rings. The van der Waals surface area contributed by atoms with Crippen molar-refractivity contribution in [1.29, 1.82) is 0 Å². The number of para-hydroxylation sites is 1. The Morgan fingerprint density at radius 1 is 1.03 bits per heavy atom. The van der Waals surface area contributed by atoms with E-state index in [0.29, 0.717) is 28.5 Å². The molecule has 1 aliphatic carbocycles. The summed E-state index contributed by atoms with van der Waals surface area (Å²) in [5.74, 6) is 2.65. The number of benzene rings is 2. The summed E-state index contributed by atoms with van der Waals surface area (Å²) < 4.78 is 12.9. The number of carbonyl (C=O) groups excluding carboxylic acids is 1. The van der Waals surface area contributed by atoms with Crippen LogP contribution in [0.3, 0.4) is 0 Å². The molecular weight excluding hydrogens is 472 g/mol. The highest BCUT2D eigenvalue weighted by Crippen LogP contribution is 2.52. The number of rotatable bonds is 7. The van der Waals surface area contributed by atoms with E-state index in [0.717, 1.165) is 36.4 Å². The van der Waals surface area contributed by atoms with E-state index in [1.807, 2.05) is 53.1 Å². The van der Waals surface area contributed by atoms with Gasteiger partial charge in [-0.3, -0.25) is 9.36 Å². The summed E-state index contributed by atoms with van der Waals surface area (Å²) in [6.45, 7) is 7.84. The van der Waals surface area contributed by atoms with Gasteiger partial charge in [-0.05, 0) is 66.5 Å². The minimum absolute atomic E-state index is 0.176. The Kier molecular flexibility index (Phi) is 6.49. The Balaban J connectivity index is 1.43. The highest BCUT2D eigenvalue weighted by molar-refractivity contribution is 7.99. The monoisotopic (exact) mass is 506 g/mol. The Hall–Kier alpha value is -3.00. The van der Waals surface area contributed by atoms with E-state index < -0.39 is 0 Å². The van der Waals surface area contributed by atoms with Crippen molar-refractivity contribution in [3.05, 3.63) is 48.5 Å². The molecule has 8 heteroatoms. The van der Waals surface area contributed by atoms with Crippen molar-refractivity contribution in [2.75, 3.05) is 26.5 Å². The molecule has 1 saturated carbocycles. The molecule has 2 heterocycles. The summed E-state index contributed by atoms with van der Waals surface area (Å²) in [6.07, 6.45) is 3.34. The molecule has 7 nitrogen and oxygen atoms in total. The van der Waals surface area contributed by atoms with Crippen LogP contribution in [-0.4, -0.2) is 58.1 Å². The van der Waals surface area contributed by atoms with Crippen LogP contribution < -0.4 is 9.47 Å². The topological polar surface area (TPSA) is 69.5 Å². The van der Waals surface area contributed by atoms with Gasteiger partial charge in [0.25, 0.3) is 0 Å². The fourth-order valence-electron chi connectivity index (χ4n) is 6.29. The molecule has 1 aliphatic heterocycles. The summed E-state index contributed by atoms with van der Waals surface area (Å²) in [5, 5.41) is 9.71. The predicted molar refractivity (Wildman–Crippen MR) is 142 cm³/mol. The molecule has 0 spiro atoms. The number of fused-ring (bicyclic) bond motifs is 2. The van der Waals surface area contributed by atoms with Crippen LogP contribution in [0.15, 0.2) is 53.7 Å². The Labute approximate surface area is 217 Å². The minimum atomic E-state index is 0.176. The summed E-state index contributed by atoms with van der Waals surface area (Å²) in [4.78, 5) is 15.6. The van der Waals surface area contributed by atoms with Crippen LogP contribution in [0.5, 0.6) is 11.5 Å². The second kappa shape index (κ2) is 9.47. The highest BCUT2D eigenvalue weighted by Gasteiger charge is 2.50. The molecule has 2 aromatic carbocycles. The SMILES string of the molecule is COc1ccc(-n2c(SCC(=O)N3CC4(C)CC3CC(C)(C)C4)nnc2-c2ccccc2OC)cc1. The van der Waals surface area contributed by atoms with Crippen LogP contribution in [0.2, 0.25) is 0 Å². The van der Waals surface area contributed by atoms with Crippen LogP contribution >= 0.6 is 11.8 Å². The van der Waals surface area contributed by atoms with Gasteiger partial charge in [0.05, 0.1) is 31.2 Å². The van der Waals surface area contributed by atoms with E-state index in [2.05, 4.69) is 35.9 Å². The number of ether oxygens (including phenoxy) is 2. The van der Waals surface area contributed by atoms with E-state index in [1.165, 1.54) is 18.2 Å². The zero-order chi connectivity index (χ0) is 25.5. The molecular formula is C28H34N4O3S. The van der Waals surface area contributed by atoms with Crippen LogP contribution in [0.1, 0.15) is 40.0 Å². The van der Waals surface area contributed by atoms with Gasteiger partial charge in [-0.25, -0.2) is 0 Å². The number of aromatic nitrogens is 3. The van der Waals surface area contributed by atoms with Crippen molar-refractivity contribution in [3.63, 3.8) is 0 Å². The first kappa shape index (κ1) is 24.7. The third-order valence-electron chi connectivity index (χ3n) is 7.37. The predicted octanol–water partition coefficient (Wildman–Crippen LogP) is 5.47. The lowest BCUT2D eigenvalue weighted by Crippen LogP contribution is -2.38. The van der Waals surface area contributed by atoms with Gasteiger partial charge in [-0.1, -0.05) is 44.7 Å². The summed E-state index contributed by atoms with van der Waals surface area (Å²) >= 11 is 1.43. The molecule has 2 atom stereocenters. The molecule has 0 N–H and O–H groups in total. The van der Waals surface area contributed by atoms with Crippen molar-refractivity contribution >= 4 is 17.7 Å². The van der Waals surface area contributed by atoms with Crippen LogP contribution in [0.4, 0.5) is 0 Å². The molecule has 190 valence electrons. The van der Waals surface area contributed by atoms with Crippen molar-refractivity contribution < 1.29 is 14.3 Å². The summed E-state index contributed by atoms with van der Waals surface area (Å²) in [5.41, 5.74) is 2.22. The Bertz CT molecular complexity index is 1260. The molecule has 36 heavy (non-hydrogen) atoms. The first-order valence-electron chi connectivity index (χ1n) is 12.4. The molecule has 1 amide bonds. The van der Waals surface area contributed by atoms with Gasteiger partial charge in [-0.2, -0.15) is 0 Å². The molecule has 2 bridgehead atoms. The third-order valence-corrected chi connectivity index (χ3v) is 8.29. The number of carbonyl (C=O) groups is 1. The number of hydrogen-bond donors (Lipinski definition) is 0. The molecule has 1 saturated heterocycles. The first-order valence-corrected chi connectivity index (χ1v) is 13.4. The number of nitrogens with zero attached hydrogens (tertiary/aromatic N) is 4. The maximum Gasteiger partial charge on any atom is 0.233 e. The standard InChI is InChI=1S/C28H34N4O3S/c1-27(2)14-20-15-28(3,17-27)18-31(20)24(33)16-36-26-30-29-25(22-8-6-7-9-23(22)35-5)32(26)19-10-12-21(34-4)13-11-19/h6-13,20H,14-18H2,1-5H3. The van der Waals surface area contributed by atoms with Gasteiger partial charge in [0.15, 0.2) is 11.0 Å². The summed E-state index contributed by atoms with van der Waals surface area (Å²) in [7, 11) is 3.30. The second-order valence-electron chi connectivity index (χ2n) is 11.1. The zero-order valence-electron chi connectivity index (χ0n) is 21.7. The molecule has 3 aromatic rings. The molecule has 0 radical (unpaired) electrons. The average molecular weight is 507 g/mol. The largest absolute Gasteiger partial charge is 0.497 e. The molecule has 5 rings (SSSR count). The minimum Gasteiger partial charge on any atom is -0.497 e. The molecule has 2 aliphatic rings. The van der Waals surface area contributed by atoms with E-state index in [-0.39, 0.29) is 16.7 Å². The number of amides is 1. The number of methoxy groups -OCH3 is 2. The lowest BCUT2D eigenvalue weighted by molar-refractivity contribution is -0.129. The van der Waals surface area contributed by atoms with Crippen molar-refractivity contribution in [3.8, 4) is 28.6 Å². The van der Waals surface area contributed by atoms with Gasteiger partial charge in [-0.15, -0.1) is 10.2 Å². The fraction of sp³-hybridized carbons (Fsp3) is 0.464. The van der Waals surface area contributed by atoms with Crippen LogP contribution in [0, 0.1) is 10.8 Å².